The van der Waals surface area contributed by atoms with E-state index >= 15 is 0 Å². The van der Waals surface area contributed by atoms with Crippen LogP contribution in [0.5, 0.6) is 11.5 Å². The minimum Gasteiger partial charge on any atom is -0.506 e. The number of aromatic hydroxyl groups is 1. The summed E-state index contributed by atoms with van der Waals surface area (Å²) >= 11 is 0. The van der Waals surface area contributed by atoms with Gasteiger partial charge >= 0.3 is 5.63 Å². The van der Waals surface area contributed by atoms with E-state index in [1.807, 2.05) is 31.2 Å². The normalized spacial score (nSPS) is 16.3. The topological polar surface area (TPSA) is 84.1 Å². The second-order valence-electron chi connectivity index (χ2n) is 6.76. The maximum Gasteiger partial charge on any atom is 0.336 e. The highest BCUT2D eigenvalue weighted by molar-refractivity contribution is 6.09. The van der Waals surface area contributed by atoms with Gasteiger partial charge in [0.15, 0.2) is 0 Å². The summed E-state index contributed by atoms with van der Waals surface area (Å²) in [7, 11) is 1.64. The third-order valence-corrected chi connectivity index (χ3v) is 4.96. The molecule has 6 heteroatoms. The molecule has 27 heavy (non-hydrogen) atoms. The van der Waals surface area contributed by atoms with Gasteiger partial charge in [-0.2, -0.15) is 5.10 Å². The number of hydrogen-bond donors (Lipinski definition) is 2. The largest absolute Gasteiger partial charge is 0.506 e. The van der Waals surface area contributed by atoms with Crippen molar-refractivity contribution in [3.8, 4) is 11.5 Å². The van der Waals surface area contributed by atoms with Gasteiger partial charge in [0.1, 0.15) is 17.1 Å². The molecule has 1 aliphatic rings. The van der Waals surface area contributed by atoms with Crippen molar-refractivity contribution in [1.29, 1.82) is 0 Å². The molecule has 0 bridgehead atoms. The Morgan fingerprint density at radius 1 is 1.19 bits per heavy atom. The van der Waals surface area contributed by atoms with Crippen molar-refractivity contribution in [2.75, 3.05) is 7.11 Å². The van der Waals surface area contributed by atoms with Crippen LogP contribution in [0.25, 0.3) is 11.0 Å². The summed E-state index contributed by atoms with van der Waals surface area (Å²) in [5.74, 6) is 0.903. The maximum absolute atomic E-state index is 11.6. The highest BCUT2D eigenvalue weighted by Gasteiger charge is 2.26. The molecule has 2 heterocycles. The average Bonchev–Trinajstić information content (AvgIpc) is 3.10. The molecule has 0 saturated heterocycles. The summed E-state index contributed by atoms with van der Waals surface area (Å²) < 4.78 is 10.5. The van der Waals surface area contributed by atoms with Crippen LogP contribution in [-0.4, -0.2) is 17.9 Å². The molecule has 0 saturated carbocycles. The van der Waals surface area contributed by atoms with Crippen molar-refractivity contribution in [2.45, 2.75) is 26.3 Å². The van der Waals surface area contributed by atoms with Crippen molar-refractivity contribution >= 4 is 16.7 Å². The fraction of sp³-hybridized carbons (Fsp3) is 0.238. The molecule has 0 spiro atoms. The van der Waals surface area contributed by atoms with Gasteiger partial charge in [-0.25, -0.2) is 4.79 Å². The van der Waals surface area contributed by atoms with E-state index < -0.39 is 5.63 Å². The Labute approximate surface area is 156 Å². The Hall–Kier alpha value is -3.28. The number of fused-ring (bicyclic) bond motifs is 1. The van der Waals surface area contributed by atoms with Crippen LogP contribution in [0, 0.1) is 13.8 Å². The van der Waals surface area contributed by atoms with Crippen LogP contribution in [0.3, 0.4) is 0 Å². The third kappa shape index (κ3) is 2.93. The molecule has 138 valence electrons. The molecule has 1 aliphatic heterocycles. The summed E-state index contributed by atoms with van der Waals surface area (Å²) in [5.41, 5.74) is 7.15. The van der Waals surface area contributed by atoms with Crippen LogP contribution < -0.4 is 15.8 Å². The summed E-state index contributed by atoms with van der Waals surface area (Å²) in [6.45, 7) is 3.66. The number of rotatable bonds is 3. The smallest absolute Gasteiger partial charge is 0.336 e. The number of benzene rings is 2. The second kappa shape index (κ2) is 6.46. The first kappa shape index (κ1) is 17.1. The lowest BCUT2D eigenvalue weighted by atomic mass is 9.93. The number of hydrazone groups is 1. The molecule has 1 aromatic heterocycles. The zero-order valence-electron chi connectivity index (χ0n) is 15.4. The highest BCUT2D eigenvalue weighted by Crippen LogP contribution is 2.36. The molecule has 0 amide bonds. The Balaban J connectivity index is 1.71. The lowest BCUT2D eigenvalue weighted by Crippen LogP contribution is -2.10. The van der Waals surface area contributed by atoms with Gasteiger partial charge in [-0.05, 0) is 48.7 Å². The third-order valence-electron chi connectivity index (χ3n) is 4.96. The first-order chi connectivity index (χ1) is 13.0. The average molecular weight is 364 g/mol. The Kier molecular flexibility index (Phi) is 4.11. The van der Waals surface area contributed by atoms with Crippen molar-refractivity contribution in [1.82, 2.24) is 5.43 Å². The van der Waals surface area contributed by atoms with Crippen LogP contribution in [-0.2, 0) is 0 Å². The number of nitrogens with one attached hydrogen (secondary N) is 1. The van der Waals surface area contributed by atoms with E-state index in [0.29, 0.717) is 28.5 Å². The van der Waals surface area contributed by atoms with E-state index in [0.717, 1.165) is 22.6 Å². The molecule has 2 N–H and O–H groups in total. The van der Waals surface area contributed by atoms with Gasteiger partial charge < -0.3 is 19.7 Å². The second-order valence-corrected chi connectivity index (χ2v) is 6.76. The van der Waals surface area contributed by atoms with Crippen LogP contribution in [0.15, 0.2) is 50.7 Å². The van der Waals surface area contributed by atoms with E-state index in [1.165, 1.54) is 6.07 Å². The van der Waals surface area contributed by atoms with Gasteiger partial charge in [-0.15, -0.1) is 0 Å². The van der Waals surface area contributed by atoms with Gasteiger partial charge in [-0.1, -0.05) is 12.1 Å². The van der Waals surface area contributed by atoms with Crippen molar-refractivity contribution in [2.24, 2.45) is 5.10 Å². The number of nitrogens with zero attached hydrogens (tertiary/aromatic N) is 1. The Morgan fingerprint density at radius 2 is 1.93 bits per heavy atom. The molecule has 2 aromatic carbocycles. The van der Waals surface area contributed by atoms with E-state index in [9.17, 15) is 9.90 Å². The summed E-state index contributed by atoms with van der Waals surface area (Å²) in [6.07, 6.45) is 0.641. The number of aryl methyl sites for hydroxylation is 2. The van der Waals surface area contributed by atoms with Gasteiger partial charge in [0.25, 0.3) is 0 Å². The van der Waals surface area contributed by atoms with E-state index in [2.05, 4.69) is 10.5 Å². The minimum absolute atomic E-state index is 0.0233. The van der Waals surface area contributed by atoms with Gasteiger partial charge in [0.05, 0.1) is 24.2 Å². The predicted octanol–water partition coefficient (Wildman–Crippen LogP) is 3.56. The van der Waals surface area contributed by atoms with Crippen molar-refractivity contribution in [3.63, 3.8) is 0 Å². The molecule has 0 aliphatic carbocycles. The SMILES string of the molecule is COc1ccc(C2CC(c3c(C)cc4oc(=O)cc(C)c4c3O)=NN2)cc1. The van der Waals surface area contributed by atoms with E-state index in [4.69, 9.17) is 9.15 Å². The Bertz CT molecular complexity index is 1110. The van der Waals surface area contributed by atoms with E-state index in [1.54, 1.807) is 20.1 Å². The quantitative estimate of drug-likeness (QED) is 0.694. The number of ether oxygens (including phenoxy) is 1. The van der Waals surface area contributed by atoms with Crippen molar-refractivity contribution < 1.29 is 14.3 Å². The number of hydrogen-bond acceptors (Lipinski definition) is 6. The minimum atomic E-state index is -0.425. The van der Waals surface area contributed by atoms with Crippen LogP contribution >= 0.6 is 0 Å². The maximum atomic E-state index is 11.6. The zero-order chi connectivity index (χ0) is 19.1. The number of methoxy groups -OCH3 is 1. The summed E-state index contributed by atoms with van der Waals surface area (Å²) in [6, 6.07) is 11.0. The number of phenolic OH excluding ortho intramolecular Hbond substituents is 1. The van der Waals surface area contributed by atoms with Crippen LogP contribution in [0.4, 0.5) is 0 Å². The van der Waals surface area contributed by atoms with E-state index in [-0.39, 0.29) is 11.8 Å². The first-order valence-corrected chi connectivity index (χ1v) is 8.71. The van der Waals surface area contributed by atoms with Crippen LogP contribution in [0.1, 0.15) is 34.7 Å². The molecule has 4 rings (SSSR count). The van der Waals surface area contributed by atoms with Crippen molar-refractivity contribution in [3.05, 3.63) is 69.1 Å². The molecule has 1 unspecified atom stereocenters. The molecule has 0 fully saturated rings. The highest BCUT2D eigenvalue weighted by atomic mass is 16.5. The fourth-order valence-electron chi connectivity index (χ4n) is 3.61. The monoisotopic (exact) mass is 364 g/mol. The molecular weight excluding hydrogens is 344 g/mol. The number of phenols is 1. The standard InChI is InChI=1S/C21H20N2O4/c1-11-8-17-20(12(2)9-18(24)27-17)21(25)19(11)16-10-15(22-23-16)13-4-6-14(26-3)7-5-13/h4-9,15,22,25H,10H2,1-3H3. The first-order valence-electron chi connectivity index (χ1n) is 8.71. The predicted molar refractivity (Wildman–Crippen MR) is 104 cm³/mol. The van der Waals surface area contributed by atoms with Crippen LogP contribution in [0.2, 0.25) is 0 Å². The summed E-state index contributed by atoms with van der Waals surface area (Å²) in [5, 5.41) is 15.9. The molecule has 3 aromatic rings. The lowest BCUT2D eigenvalue weighted by Gasteiger charge is -2.13. The Morgan fingerprint density at radius 3 is 2.63 bits per heavy atom. The molecule has 1 atom stereocenters. The fourth-order valence-corrected chi connectivity index (χ4v) is 3.61. The summed E-state index contributed by atoms with van der Waals surface area (Å²) in [4.78, 5) is 11.6. The van der Waals surface area contributed by atoms with Gasteiger partial charge in [0, 0.05) is 18.1 Å². The van der Waals surface area contributed by atoms with Gasteiger partial charge in [0.2, 0.25) is 0 Å². The van der Waals surface area contributed by atoms with Gasteiger partial charge in [-0.3, -0.25) is 0 Å². The lowest BCUT2D eigenvalue weighted by molar-refractivity contribution is 0.414. The zero-order valence-corrected chi connectivity index (χ0v) is 15.4. The molecule has 0 radical (unpaired) electrons. The molecule has 6 nitrogen and oxygen atoms in total. The molecular formula is C21H20N2O4.